The van der Waals surface area contributed by atoms with Crippen molar-refractivity contribution in [2.75, 3.05) is 33.4 Å². The normalized spacial score (nSPS) is 13.2. The zero-order valence-corrected chi connectivity index (χ0v) is 14.4. The maximum atomic E-state index is 10.7. The topological polar surface area (TPSA) is 32.7 Å². The molecule has 0 saturated heterocycles. The van der Waals surface area contributed by atoms with Crippen LogP contribution in [-0.2, 0) is 4.74 Å². The van der Waals surface area contributed by atoms with E-state index in [1.54, 1.807) is 7.11 Å². The average molecular weight is 293 g/mol. The zero-order chi connectivity index (χ0) is 16.0. The van der Waals surface area contributed by atoms with Crippen LogP contribution in [0.15, 0.2) is 12.1 Å². The molecule has 1 N–H and O–H groups in total. The summed E-state index contributed by atoms with van der Waals surface area (Å²) in [5.74, 6) is 0.578. The van der Waals surface area contributed by atoms with Crippen molar-refractivity contribution in [1.82, 2.24) is 4.90 Å². The monoisotopic (exact) mass is 293 g/mol. The van der Waals surface area contributed by atoms with Crippen LogP contribution in [0.3, 0.4) is 0 Å². The van der Waals surface area contributed by atoms with Gasteiger partial charge in [-0.2, -0.15) is 0 Å². The predicted molar refractivity (Wildman–Crippen MR) is 88.8 cm³/mol. The first-order valence-corrected chi connectivity index (χ1v) is 7.82. The Hall–Kier alpha value is -0.900. The molecule has 0 fully saturated rings. The SMILES string of the molecule is COCCN(CC(C)C)CC(O)c1c(C)cc(C)cc1C. The summed E-state index contributed by atoms with van der Waals surface area (Å²) in [4.78, 5) is 2.29. The molecule has 120 valence electrons. The number of ether oxygens (including phenoxy) is 1. The Morgan fingerprint density at radius 1 is 1.10 bits per heavy atom. The average Bonchev–Trinajstić information content (AvgIpc) is 2.33. The third kappa shape index (κ3) is 5.77. The molecule has 0 saturated carbocycles. The molecule has 1 aromatic rings. The number of aryl methyl sites for hydroxylation is 3. The number of methoxy groups -OCH3 is 1. The molecule has 0 aliphatic heterocycles. The van der Waals surface area contributed by atoms with Gasteiger partial charge in [0.05, 0.1) is 12.7 Å². The second kappa shape index (κ2) is 8.52. The van der Waals surface area contributed by atoms with Crippen LogP contribution in [0.2, 0.25) is 0 Å². The molecule has 1 unspecified atom stereocenters. The second-order valence-corrected chi connectivity index (χ2v) is 6.47. The highest BCUT2D eigenvalue weighted by Crippen LogP contribution is 2.24. The van der Waals surface area contributed by atoms with Crippen LogP contribution in [-0.4, -0.2) is 43.4 Å². The maximum absolute atomic E-state index is 10.7. The van der Waals surface area contributed by atoms with Crippen LogP contribution in [0.5, 0.6) is 0 Å². The number of hydrogen-bond donors (Lipinski definition) is 1. The van der Waals surface area contributed by atoms with Crippen molar-refractivity contribution in [3.05, 3.63) is 34.4 Å². The summed E-state index contributed by atoms with van der Waals surface area (Å²) >= 11 is 0. The highest BCUT2D eigenvalue weighted by molar-refractivity contribution is 5.39. The molecule has 0 bridgehead atoms. The fraction of sp³-hybridized carbons (Fsp3) is 0.667. The summed E-state index contributed by atoms with van der Waals surface area (Å²) in [6, 6.07) is 4.29. The van der Waals surface area contributed by atoms with E-state index >= 15 is 0 Å². The van der Waals surface area contributed by atoms with Gasteiger partial charge in [0.1, 0.15) is 0 Å². The second-order valence-electron chi connectivity index (χ2n) is 6.47. The predicted octanol–water partition coefficient (Wildman–Crippen LogP) is 3.25. The minimum atomic E-state index is -0.443. The van der Waals surface area contributed by atoms with Crippen LogP contribution in [0.1, 0.15) is 42.2 Å². The Balaban J connectivity index is 2.83. The molecule has 3 nitrogen and oxygen atoms in total. The first-order chi connectivity index (χ1) is 9.85. The van der Waals surface area contributed by atoms with Gasteiger partial charge < -0.3 is 9.84 Å². The van der Waals surface area contributed by atoms with E-state index in [1.165, 1.54) is 16.7 Å². The van der Waals surface area contributed by atoms with Gasteiger partial charge >= 0.3 is 0 Å². The summed E-state index contributed by atoms with van der Waals surface area (Å²) in [5.41, 5.74) is 4.68. The highest BCUT2D eigenvalue weighted by atomic mass is 16.5. The van der Waals surface area contributed by atoms with Gasteiger partial charge in [0.25, 0.3) is 0 Å². The zero-order valence-electron chi connectivity index (χ0n) is 14.4. The largest absolute Gasteiger partial charge is 0.387 e. The van der Waals surface area contributed by atoms with E-state index in [4.69, 9.17) is 4.74 Å². The number of aliphatic hydroxyl groups excluding tert-OH is 1. The van der Waals surface area contributed by atoms with Crippen molar-refractivity contribution in [2.45, 2.75) is 40.7 Å². The van der Waals surface area contributed by atoms with Gasteiger partial charge in [0.15, 0.2) is 0 Å². The Morgan fingerprint density at radius 3 is 2.14 bits per heavy atom. The van der Waals surface area contributed by atoms with Crippen LogP contribution in [0.4, 0.5) is 0 Å². The van der Waals surface area contributed by atoms with Crippen molar-refractivity contribution < 1.29 is 9.84 Å². The van der Waals surface area contributed by atoms with Crippen LogP contribution in [0, 0.1) is 26.7 Å². The summed E-state index contributed by atoms with van der Waals surface area (Å²) in [7, 11) is 1.72. The molecule has 0 aromatic heterocycles. The van der Waals surface area contributed by atoms with Crippen molar-refractivity contribution in [3.63, 3.8) is 0 Å². The molecule has 0 heterocycles. The molecule has 1 aromatic carbocycles. The van der Waals surface area contributed by atoms with Crippen LogP contribution >= 0.6 is 0 Å². The van der Waals surface area contributed by atoms with E-state index in [-0.39, 0.29) is 0 Å². The summed E-state index contributed by atoms with van der Waals surface area (Å²) in [6.07, 6.45) is -0.443. The van der Waals surface area contributed by atoms with Gasteiger partial charge in [-0.15, -0.1) is 0 Å². The van der Waals surface area contributed by atoms with E-state index in [0.717, 1.165) is 18.7 Å². The van der Waals surface area contributed by atoms with E-state index in [1.807, 2.05) is 0 Å². The van der Waals surface area contributed by atoms with Crippen molar-refractivity contribution >= 4 is 0 Å². The van der Waals surface area contributed by atoms with Crippen molar-refractivity contribution in [2.24, 2.45) is 5.92 Å². The lowest BCUT2D eigenvalue weighted by Crippen LogP contribution is -2.35. The molecule has 1 atom stereocenters. The molecule has 0 spiro atoms. The Labute approximate surface area is 129 Å². The minimum Gasteiger partial charge on any atom is -0.387 e. The Kier molecular flexibility index (Phi) is 7.36. The summed E-state index contributed by atoms with van der Waals surface area (Å²) in [6.45, 7) is 13.9. The standard InChI is InChI=1S/C18H31NO2/c1-13(2)11-19(7-8-21-6)12-17(20)18-15(4)9-14(3)10-16(18)5/h9-10,13,17,20H,7-8,11-12H2,1-6H3. The third-order valence-corrected chi connectivity index (χ3v) is 3.74. The molecule has 0 radical (unpaired) electrons. The number of aliphatic hydroxyl groups is 1. The van der Waals surface area contributed by atoms with Gasteiger partial charge in [0, 0.05) is 26.7 Å². The maximum Gasteiger partial charge on any atom is 0.0922 e. The molecular weight excluding hydrogens is 262 g/mol. The minimum absolute atomic E-state index is 0.443. The van der Waals surface area contributed by atoms with Gasteiger partial charge in [-0.1, -0.05) is 31.5 Å². The highest BCUT2D eigenvalue weighted by Gasteiger charge is 2.18. The number of rotatable bonds is 8. The van der Waals surface area contributed by atoms with E-state index < -0.39 is 6.10 Å². The van der Waals surface area contributed by atoms with Crippen molar-refractivity contribution in [1.29, 1.82) is 0 Å². The Morgan fingerprint density at radius 2 is 1.67 bits per heavy atom. The first kappa shape index (κ1) is 18.1. The molecule has 1 rings (SSSR count). The van der Waals surface area contributed by atoms with E-state index in [9.17, 15) is 5.11 Å². The van der Waals surface area contributed by atoms with E-state index in [0.29, 0.717) is 19.1 Å². The molecule has 21 heavy (non-hydrogen) atoms. The first-order valence-electron chi connectivity index (χ1n) is 7.82. The van der Waals surface area contributed by atoms with Crippen LogP contribution in [0.25, 0.3) is 0 Å². The lowest BCUT2D eigenvalue weighted by atomic mass is 9.95. The fourth-order valence-corrected chi connectivity index (χ4v) is 3.05. The van der Waals surface area contributed by atoms with Gasteiger partial charge in [-0.3, -0.25) is 4.90 Å². The fourth-order valence-electron chi connectivity index (χ4n) is 3.05. The van der Waals surface area contributed by atoms with Crippen LogP contribution < -0.4 is 0 Å². The lowest BCUT2D eigenvalue weighted by molar-refractivity contribution is 0.0819. The summed E-state index contributed by atoms with van der Waals surface area (Å²) in [5, 5.41) is 10.7. The Bertz CT molecular complexity index is 420. The lowest BCUT2D eigenvalue weighted by Gasteiger charge is -2.28. The molecule has 0 aliphatic rings. The number of nitrogens with zero attached hydrogens (tertiary/aromatic N) is 1. The van der Waals surface area contributed by atoms with Gasteiger partial charge in [0.2, 0.25) is 0 Å². The van der Waals surface area contributed by atoms with Crippen molar-refractivity contribution in [3.8, 4) is 0 Å². The van der Waals surface area contributed by atoms with Gasteiger partial charge in [-0.05, 0) is 43.4 Å². The summed E-state index contributed by atoms with van der Waals surface area (Å²) < 4.78 is 5.18. The molecule has 3 heteroatoms. The smallest absolute Gasteiger partial charge is 0.0922 e. The molecular formula is C18H31NO2. The number of hydrogen-bond acceptors (Lipinski definition) is 3. The third-order valence-electron chi connectivity index (χ3n) is 3.74. The quantitative estimate of drug-likeness (QED) is 0.798. The van der Waals surface area contributed by atoms with E-state index in [2.05, 4.69) is 51.7 Å². The molecule has 0 aliphatic carbocycles. The molecule has 0 amide bonds. The van der Waals surface area contributed by atoms with Gasteiger partial charge in [-0.25, -0.2) is 0 Å². The number of benzene rings is 1.